The molecule has 0 unspecified atom stereocenters. The number of likely N-dealkylation sites (N-methyl/N-ethyl adjacent to an activating group) is 2. The van der Waals surface area contributed by atoms with Crippen LogP contribution in [0.3, 0.4) is 0 Å². The third-order valence-corrected chi connectivity index (χ3v) is 4.04. The van der Waals surface area contributed by atoms with Crippen molar-refractivity contribution in [1.29, 1.82) is 0 Å². The Bertz CT molecular complexity index is 220. The Balaban J connectivity index is 2.10. The van der Waals surface area contributed by atoms with Crippen LogP contribution in [0.15, 0.2) is 0 Å². The molecule has 2 fully saturated rings. The molecule has 0 aromatic rings. The van der Waals surface area contributed by atoms with E-state index < -0.39 is 0 Å². The summed E-state index contributed by atoms with van der Waals surface area (Å²) in [7, 11) is 3.92. The van der Waals surface area contributed by atoms with E-state index in [9.17, 15) is 4.79 Å². The van der Waals surface area contributed by atoms with E-state index in [1.807, 2.05) is 23.9 Å². The van der Waals surface area contributed by atoms with Gasteiger partial charge in [0.1, 0.15) is 0 Å². The maximum Gasteiger partial charge on any atom is 0.320 e. The van der Waals surface area contributed by atoms with E-state index in [1.165, 1.54) is 44.9 Å². The van der Waals surface area contributed by atoms with Gasteiger partial charge in [0.25, 0.3) is 0 Å². The average molecular weight is 210 g/mol. The number of carbonyl (C=O) groups excluding carboxylic acids is 1. The molecule has 1 heterocycles. The van der Waals surface area contributed by atoms with Gasteiger partial charge in [-0.05, 0) is 12.8 Å². The van der Waals surface area contributed by atoms with Crippen molar-refractivity contribution >= 4 is 6.03 Å². The zero-order chi connectivity index (χ0) is 10.8. The van der Waals surface area contributed by atoms with Crippen LogP contribution in [0.1, 0.15) is 44.9 Å². The van der Waals surface area contributed by atoms with Crippen LogP contribution in [-0.2, 0) is 0 Å². The molecule has 1 aliphatic carbocycles. The molecule has 0 aromatic heterocycles. The van der Waals surface area contributed by atoms with Gasteiger partial charge >= 0.3 is 6.03 Å². The third kappa shape index (κ3) is 1.97. The summed E-state index contributed by atoms with van der Waals surface area (Å²) in [5.41, 5.74) is 0. The molecule has 0 N–H and O–H groups in total. The summed E-state index contributed by atoms with van der Waals surface area (Å²) in [4.78, 5) is 15.7. The number of rotatable bonds is 0. The molecule has 3 nitrogen and oxygen atoms in total. The molecule has 1 saturated heterocycles. The highest BCUT2D eigenvalue weighted by atomic mass is 16.2. The van der Waals surface area contributed by atoms with Crippen molar-refractivity contribution in [1.82, 2.24) is 9.80 Å². The largest absolute Gasteiger partial charge is 0.323 e. The number of urea groups is 1. The first-order chi connectivity index (χ1) is 7.22. The molecule has 2 rings (SSSR count). The summed E-state index contributed by atoms with van der Waals surface area (Å²) < 4.78 is 0. The highest BCUT2D eigenvalue weighted by Gasteiger charge is 2.40. The second-order valence-corrected chi connectivity index (χ2v) is 4.98. The molecule has 0 aromatic carbocycles. The molecule has 0 bridgehead atoms. The van der Waals surface area contributed by atoms with Crippen molar-refractivity contribution < 1.29 is 4.79 Å². The van der Waals surface area contributed by atoms with Crippen LogP contribution < -0.4 is 0 Å². The van der Waals surface area contributed by atoms with Crippen LogP contribution in [0, 0.1) is 0 Å². The van der Waals surface area contributed by atoms with Crippen molar-refractivity contribution in [2.24, 2.45) is 0 Å². The van der Waals surface area contributed by atoms with E-state index in [1.54, 1.807) is 0 Å². The zero-order valence-electron chi connectivity index (χ0n) is 9.91. The Morgan fingerprint density at radius 2 is 1.27 bits per heavy atom. The van der Waals surface area contributed by atoms with E-state index in [-0.39, 0.29) is 6.03 Å². The van der Waals surface area contributed by atoms with Crippen LogP contribution in [0.4, 0.5) is 4.79 Å². The standard InChI is InChI=1S/C12H22N2O/c1-13-10-8-6-4-3-5-7-9-11(10)14(2)12(13)15/h10-11H,3-9H2,1-2H3/t10-,11+. The van der Waals surface area contributed by atoms with Crippen LogP contribution in [-0.4, -0.2) is 42.0 Å². The molecule has 1 aliphatic heterocycles. The van der Waals surface area contributed by atoms with E-state index >= 15 is 0 Å². The summed E-state index contributed by atoms with van der Waals surface area (Å²) >= 11 is 0. The Labute approximate surface area is 92.4 Å². The molecule has 3 heteroatoms. The minimum atomic E-state index is 0.213. The van der Waals surface area contributed by atoms with E-state index in [0.717, 1.165) is 0 Å². The second-order valence-electron chi connectivity index (χ2n) is 4.98. The lowest BCUT2D eigenvalue weighted by atomic mass is 9.99. The van der Waals surface area contributed by atoms with Gasteiger partial charge in [-0.25, -0.2) is 4.79 Å². The van der Waals surface area contributed by atoms with E-state index in [2.05, 4.69) is 0 Å². The number of amides is 2. The van der Waals surface area contributed by atoms with Gasteiger partial charge in [0.2, 0.25) is 0 Å². The smallest absolute Gasteiger partial charge is 0.320 e. The summed E-state index contributed by atoms with van der Waals surface area (Å²) in [5, 5.41) is 0. The Morgan fingerprint density at radius 1 is 0.867 bits per heavy atom. The predicted octanol–water partition coefficient (Wildman–Crippen LogP) is 2.47. The van der Waals surface area contributed by atoms with Gasteiger partial charge in [-0.3, -0.25) is 0 Å². The molecule has 0 radical (unpaired) electrons. The first-order valence-corrected chi connectivity index (χ1v) is 6.21. The zero-order valence-corrected chi connectivity index (χ0v) is 9.91. The van der Waals surface area contributed by atoms with Crippen molar-refractivity contribution in [3.8, 4) is 0 Å². The average Bonchev–Trinajstić information content (AvgIpc) is 2.51. The highest BCUT2D eigenvalue weighted by Crippen LogP contribution is 2.29. The molecule has 2 atom stereocenters. The Morgan fingerprint density at radius 3 is 1.73 bits per heavy atom. The first kappa shape index (κ1) is 10.8. The van der Waals surface area contributed by atoms with Crippen LogP contribution in [0.2, 0.25) is 0 Å². The normalized spacial score (nSPS) is 33.3. The SMILES string of the molecule is CN1C(=O)N(C)[C@H]2CCCCCCC[C@H]21. The van der Waals surface area contributed by atoms with Crippen LogP contribution in [0.5, 0.6) is 0 Å². The lowest BCUT2D eigenvalue weighted by Gasteiger charge is -2.24. The maximum atomic E-state index is 11.8. The molecule has 86 valence electrons. The van der Waals surface area contributed by atoms with Crippen LogP contribution in [0.25, 0.3) is 0 Å². The quantitative estimate of drug-likeness (QED) is 0.602. The van der Waals surface area contributed by atoms with Gasteiger partial charge in [-0.15, -0.1) is 0 Å². The molecular weight excluding hydrogens is 188 g/mol. The number of fused-ring (bicyclic) bond motifs is 1. The molecule has 0 spiro atoms. The minimum Gasteiger partial charge on any atom is -0.323 e. The van der Waals surface area contributed by atoms with Gasteiger partial charge < -0.3 is 9.80 Å². The van der Waals surface area contributed by atoms with Gasteiger partial charge in [0.05, 0.1) is 12.1 Å². The Kier molecular flexibility index (Phi) is 3.17. The number of hydrogen-bond donors (Lipinski definition) is 0. The molecule has 2 amide bonds. The summed E-state index contributed by atoms with van der Waals surface area (Å²) in [5.74, 6) is 0. The molecule has 15 heavy (non-hydrogen) atoms. The predicted molar refractivity (Wildman–Crippen MR) is 60.8 cm³/mol. The summed E-state index contributed by atoms with van der Waals surface area (Å²) in [6, 6.07) is 1.16. The fourth-order valence-corrected chi connectivity index (χ4v) is 3.06. The third-order valence-electron chi connectivity index (χ3n) is 4.04. The molecular formula is C12H22N2O. The van der Waals surface area contributed by atoms with Gasteiger partial charge in [-0.1, -0.05) is 32.1 Å². The van der Waals surface area contributed by atoms with Crippen molar-refractivity contribution in [3.05, 3.63) is 0 Å². The minimum absolute atomic E-state index is 0.213. The number of nitrogens with zero attached hydrogens (tertiary/aromatic N) is 2. The van der Waals surface area contributed by atoms with Crippen molar-refractivity contribution in [3.63, 3.8) is 0 Å². The van der Waals surface area contributed by atoms with Crippen molar-refractivity contribution in [2.45, 2.75) is 57.0 Å². The fourth-order valence-electron chi connectivity index (χ4n) is 3.06. The topological polar surface area (TPSA) is 23.6 Å². The molecule has 2 aliphatic rings. The first-order valence-electron chi connectivity index (χ1n) is 6.21. The lowest BCUT2D eigenvalue weighted by molar-refractivity contribution is 0.198. The highest BCUT2D eigenvalue weighted by molar-refractivity contribution is 5.77. The van der Waals surface area contributed by atoms with E-state index in [0.29, 0.717) is 12.1 Å². The fraction of sp³-hybridized carbons (Fsp3) is 0.917. The van der Waals surface area contributed by atoms with Gasteiger partial charge in [-0.2, -0.15) is 0 Å². The molecule has 1 saturated carbocycles. The summed E-state index contributed by atoms with van der Waals surface area (Å²) in [6.07, 6.45) is 9.01. The summed E-state index contributed by atoms with van der Waals surface area (Å²) in [6.45, 7) is 0. The lowest BCUT2D eigenvalue weighted by Crippen LogP contribution is -2.34. The van der Waals surface area contributed by atoms with Crippen LogP contribution >= 0.6 is 0 Å². The second kappa shape index (κ2) is 4.42. The number of hydrogen-bond acceptors (Lipinski definition) is 1. The Hall–Kier alpha value is -0.730. The number of carbonyl (C=O) groups is 1. The van der Waals surface area contributed by atoms with Gasteiger partial charge in [0, 0.05) is 14.1 Å². The van der Waals surface area contributed by atoms with E-state index in [4.69, 9.17) is 0 Å². The van der Waals surface area contributed by atoms with Gasteiger partial charge in [0.15, 0.2) is 0 Å². The maximum absolute atomic E-state index is 11.8. The van der Waals surface area contributed by atoms with Crippen molar-refractivity contribution in [2.75, 3.05) is 14.1 Å². The monoisotopic (exact) mass is 210 g/mol.